The van der Waals surface area contributed by atoms with E-state index in [1.54, 1.807) is 25.3 Å². The molecule has 0 saturated carbocycles. The maximum atomic E-state index is 12.2. The lowest BCUT2D eigenvalue weighted by Gasteiger charge is -2.11. The summed E-state index contributed by atoms with van der Waals surface area (Å²) in [4.78, 5) is 12.2. The SMILES string of the molecule is COc1cc(OC)c2c(=O)oc3cc(O)cc(C)c3c2c1. The number of hydrogen-bond donors (Lipinski definition) is 1. The van der Waals surface area contributed by atoms with Crippen LogP contribution in [-0.4, -0.2) is 19.3 Å². The van der Waals surface area contributed by atoms with Crippen molar-refractivity contribution in [3.05, 3.63) is 40.2 Å². The number of phenolic OH excluding ortho intramolecular Hbond substituents is 1. The lowest BCUT2D eigenvalue weighted by atomic mass is 10.0. The highest BCUT2D eigenvalue weighted by atomic mass is 16.5. The van der Waals surface area contributed by atoms with Crippen molar-refractivity contribution in [1.82, 2.24) is 0 Å². The molecular weight excluding hydrogens is 272 g/mol. The molecule has 0 aliphatic heterocycles. The zero-order valence-electron chi connectivity index (χ0n) is 11.9. The van der Waals surface area contributed by atoms with Crippen LogP contribution in [0.3, 0.4) is 0 Å². The molecule has 0 aliphatic rings. The van der Waals surface area contributed by atoms with Gasteiger partial charge in [-0.2, -0.15) is 0 Å². The molecular formula is C16H14O5. The first-order valence-electron chi connectivity index (χ1n) is 6.37. The second-order valence-electron chi connectivity index (χ2n) is 4.78. The third-order valence-corrected chi connectivity index (χ3v) is 3.49. The van der Waals surface area contributed by atoms with Gasteiger partial charge in [-0.15, -0.1) is 0 Å². The highest BCUT2D eigenvalue weighted by Crippen LogP contribution is 2.35. The largest absolute Gasteiger partial charge is 0.508 e. The van der Waals surface area contributed by atoms with Crippen LogP contribution < -0.4 is 15.1 Å². The van der Waals surface area contributed by atoms with Crippen LogP contribution in [0, 0.1) is 6.92 Å². The van der Waals surface area contributed by atoms with Crippen LogP contribution in [0.1, 0.15) is 5.56 Å². The minimum atomic E-state index is -0.512. The van der Waals surface area contributed by atoms with Crippen LogP contribution in [0.25, 0.3) is 21.7 Å². The molecule has 21 heavy (non-hydrogen) atoms. The van der Waals surface area contributed by atoms with Gasteiger partial charge in [0.05, 0.1) is 14.2 Å². The number of fused-ring (bicyclic) bond motifs is 3. The van der Waals surface area contributed by atoms with Crippen LogP contribution in [0.2, 0.25) is 0 Å². The molecule has 5 nitrogen and oxygen atoms in total. The summed E-state index contributed by atoms with van der Waals surface area (Å²) in [6.45, 7) is 1.84. The lowest BCUT2D eigenvalue weighted by Crippen LogP contribution is -2.03. The standard InChI is InChI=1S/C16H14O5/c1-8-4-9(17)5-13-14(8)11-6-10(19-2)7-12(20-3)15(11)16(18)21-13/h4-7,17H,1-3H3. The Morgan fingerprint density at radius 1 is 1.05 bits per heavy atom. The molecule has 3 rings (SSSR count). The van der Waals surface area contributed by atoms with Crippen molar-refractivity contribution >= 4 is 21.7 Å². The van der Waals surface area contributed by atoms with Gasteiger partial charge in [-0.25, -0.2) is 4.79 Å². The molecule has 5 heteroatoms. The second-order valence-corrected chi connectivity index (χ2v) is 4.78. The molecule has 0 amide bonds. The fourth-order valence-corrected chi connectivity index (χ4v) is 2.59. The van der Waals surface area contributed by atoms with E-state index in [1.807, 2.05) is 6.92 Å². The highest BCUT2D eigenvalue weighted by Gasteiger charge is 2.16. The summed E-state index contributed by atoms with van der Waals surface area (Å²) in [6.07, 6.45) is 0. The van der Waals surface area contributed by atoms with E-state index in [9.17, 15) is 9.90 Å². The number of aryl methyl sites for hydroxylation is 1. The molecule has 0 bridgehead atoms. The van der Waals surface area contributed by atoms with Gasteiger partial charge in [-0.05, 0) is 24.6 Å². The first kappa shape index (κ1) is 13.3. The smallest absolute Gasteiger partial charge is 0.347 e. The van der Waals surface area contributed by atoms with Gasteiger partial charge in [0.15, 0.2) is 0 Å². The predicted octanol–water partition coefficient (Wildman–Crippen LogP) is 2.98. The summed E-state index contributed by atoms with van der Waals surface area (Å²) >= 11 is 0. The van der Waals surface area contributed by atoms with Crippen LogP contribution in [-0.2, 0) is 0 Å². The topological polar surface area (TPSA) is 68.9 Å². The van der Waals surface area contributed by atoms with E-state index in [4.69, 9.17) is 13.9 Å². The number of methoxy groups -OCH3 is 2. The molecule has 0 saturated heterocycles. The van der Waals surface area contributed by atoms with Gasteiger partial charge >= 0.3 is 5.63 Å². The molecule has 0 radical (unpaired) electrons. The Labute approximate surface area is 120 Å². The van der Waals surface area contributed by atoms with Crippen molar-refractivity contribution in [3.8, 4) is 17.2 Å². The number of phenols is 1. The minimum absolute atomic E-state index is 0.0531. The molecule has 108 valence electrons. The Morgan fingerprint density at radius 2 is 1.81 bits per heavy atom. The van der Waals surface area contributed by atoms with Crippen molar-refractivity contribution in [1.29, 1.82) is 0 Å². The monoisotopic (exact) mass is 286 g/mol. The van der Waals surface area contributed by atoms with Crippen LogP contribution in [0.5, 0.6) is 17.2 Å². The summed E-state index contributed by atoms with van der Waals surface area (Å²) in [5.41, 5.74) is 0.622. The van der Waals surface area contributed by atoms with E-state index in [2.05, 4.69) is 0 Å². The number of aromatic hydroxyl groups is 1. The molecule has 2 aromatic carbocycles. The Bertz CT molecular complexity index is 908. The number of ether oxygens (including phenoxy) is 2. The summed E-state index contributed by atoms with van der Waals surface area (Å²) in [6, 6.07) is 6.45. The molecule has 0 fully saturated rings. The van der Waals surface area contributed by atoms with Gasteiger partial charge in [0.2, 0.25) is 0 Å². The van der Waals surface area contributed by atoms with Gasteiger partial charge in [0, 0.05) is 22.9 Å². The van der Waals surface area contributed by atoms with Crippen molar-refractivity contribution in [2.75, 3.05) is 14.2 Å². The molecule has 1 heterocycles. The van der Waals surface area contributed by atoms with Crippen molar-refractivity contribution in [2.24, 2.45) is 0 Å². The molecule has 0 aliphatic carbocycles. The third-order valence-electron chi connectivity index (χ3n) is 3.49. The first-order chi connectivity index (χ1) is 10.0. The van der Waals surface area contributed by atoms with E-state index in [0.717, 1.165) is 10.9 Å². The predicted molar refractivity (Wildman–Crippen MR) is 79.5 cm³/mol. The zero-order valence-corrected chi connectivity index (χ0v) is 11.9. The van der Waals surface area contributed by atoms with Crippen molar-refractivity contribution in [2.45, 2.75) is 6.92 Å². The summed E-state index contributed by atoms with van der Waals surface area (Å²) in [5, 5.41) is 11.5. The van der Waals surface area contributed by atoms with E-state index in [-0.39, 0.29) is 5.75 Å². The zero-order chi connectivity index (χ0) is 15.1. The number of benzene rings is 2. The molecule has 0 unspecified atom stereocenters. The van der Waals surface area contributed by atoms with Gasteiger partial charge in [-0.1, -0.05) is 0 Å². The second kappa shape index (κ2) is 4.70. The van der Waals surface area contributed by atoms with Gasteiger partial charge in [0.1, 0.15) is 28.2 Å². The van der Waals surface area contributed by atoms with E-state index < -0.39 is 5.63 Å². The quantitative estimate of drug-likeness (QED) is 0.579. The van der Waals surface area contributed by atoms with Gasteiger partial charge in [0.25, 0.3) is 0 Å². The minimum Gasteiger partial charge on any atom is -0.508 e. The maximum absolute atomic E-state index is 12.2. The average Bonchev–Trinajstić information content (AvgIpc) is 2.44. The Balaban J connectivity index is 2.62. The summed E-state index contributed by atoms with van der Waals surface area (Å²) in [5.74, 6) is 1.03. The fourth-order valence-electron chi connectivity index (χ4n) is 2.59. The molecule has 3 aromatic rings. The first-order valence-corrected chi connectivity index (χ1v) is 6.37. The van der Waals surface area contributed by atoms with Gasteiger partial charge < -0.3 is 19.0 Å². The Hall–Kier alpha value is -2.69. The molecule has 1 N–H and O–H groups in total. The Kier molecular flexibility index (Phi) is 2.97. The van der Waals surface area contributed by atoms with Crippen LogP contribution >= 0.6 is 0 Å². The average molecular weight is 286 g/mol. The molecule has 0 atom stereocenters. The van der Waals surface area contributed by atoms with E-state index in [0.29, 0.717) is 27.9 Å². The van der Waals surface area contributed by atoms with Crippen molar-refractivity contribution < 1.29 is 19.0 Å². The fraction of sp³-hybridized carbons (Fsp3) is 0.188. The lowest BCUT2D eigenvalue weighted by molar-refractivity contribution is 0.397. The summed E-state index contributed by atoms with van der Waals surface area (Å²) in [7, 11) is 3.04. The van der Waals surface area contributed by atoms with Crippen LogP contribution in [0.15, 0.2) is 33.5 Å². The highest BCUT2D eigenvalue weighted by molar-refractivity contribution is 6.08. The summed E-state index contributed by atoms with van der Waals surface area (Å²) < 4.78 is 15.8. The number of rotatable bonds is 2. The normalized spacial score (nSPS) is 11.0. The van der Waals surface area contributed by atoms with E-state index in [1.165, 1.54) is 13.2 Å². The van der Waals surface area contributed by atoms with Crippen molar-refractivity contribution in [3.63, 3.8) is 0 Å². The molecule has 0 spiro atoms. The van der Waals surface area contributed by atoms with E-state index >= 15 is 0 Å². The van der Waals surface area contributed by atoms with Crippen LogP contribution in [0.4, 0.5) is 0 Å². The third kappa shape index (κ3) is 1.98. The number of hydrogen-bond acceptors (Lipinski definition) is 5. The maximum Gasteiger partial charge on any atom is 0.347 e. The van der Waals surface area contributed by atoms with Gasteiger partial charge in [-0.3, -0.25) is 0 Å². The molecule has 1 aromatic heterocycles. The Morgan fingerprint density at radius 3 is 2.48 bits per heavy atom.